The van der Waals surface area contributed by atoms with Crippen molar-refractivity contribution in [1.29, 1.82) is 0 Å². The molecule has 4 aromatic rings. The first-order valence-corrected chi connectivity index (χ1v) is 12.9. The van der Waals surface area contributed by atoms with Crippen molar-refractivity contribution in [2.75, 3.05) is 51.7 Å². The van der Waals surface area contributed by atoms with Crippen LogP contribution >= 0.6 is 0 Å². The molecule has 0 radical (unpaired) electrons. The Morgan fingerprint density at radius 1 is 1.00 bits per heavy atom. The number of carbonyl (C=O) groups excluding carboxylic acids is 2. The Hall–Kier alpha value is -4.34. The van der Waals surface area contributed by atoms with E-state index in [0.29, 0.717) is 40.2 Å². The van der Waals surface area contributed by atoms with E-state index < -0.39 is 0 Å². The smallest absolute Gasteiger partial charge is 0.240 e. The maximum absolute atomic E-state index is 12.9. The van der Waals surface area contributed by atoms with Gasteiger partial charge in [0.2, 0.25) is 5.91 Å². The van der Waals surface area contributed by atoms with Crippen molar-refractivity contribution >= 4 is 39.8 Å². The fourth-order valence-corrected chi connectivity index (χ4v) is 4.68. The molecule has 1 amide bonds. The highest BCUT2D eigenvalue weighted by Gasteiger charge is 2.21. The van der Waals surface area contributed by atoms with Gasteiger partial charge in [0.15, 0.2) is 11.7 Å². The number of hydrogen-bond acceptors (Lipinski definition) is 7. The first-order valence-electron chi connectivity index (χ1n) is 12.9. The molecule has 2 aromatic carbocycles. The number of H-pyrrole nitrogens is 1. The van der Waals surface area contributed by atoms with Gasteiger partial charge in [0.05, 0.1) is 23.5 Å². The monoisotopic (exact) mass is 524 g/mol. The summed E-state index contributed by atoms with van der Waals surface area (Å²) in [5.41, 5.74) is 4.05. The first kappa shape index (κ1) is 26.3. The number of aromatic amines is 1. The van der Waals surface area contributed by atoms with Gasteiger partial charge in [0.25, 0.3) is 0 Å². The second-order valence-corrected chi connectivity index (χ2v) is 9.87. The number of carbonyl (C=O) groups is 2. The number of aromatic nitrogens is 2. The SMILES string of the molecule is CC(=O)c1ccc2c(C(=Nc3ccc(N(C)C(=O)CN4CCN(C)CC4)cc3)c3ccccc3)c(O)[nH]c2n1. The van der Waals surface area contributed by atoms with Crippen LogP contribution in [0.1, 0.15) is 28.5 Å². The molecule has 0 aliphatic carbocycles. The number of anilines is 1. The minimum atomic E-state index is -0.156. The van der Waals surface area contributed by atoms with Gasteiger partial charge in [-0.2, -0.15) is 0 Å². The summed E-state index contributed by atoms with van der Waals surface area (Å²) in [7, 11) is 3.89. The zero-order chi connectivity index (χ0) is 27.5. The summed E-state index contributed by atoms with van der Waals surface area (Å²) in [6.07, 6.45) is 0. The predicted octanol–water partition coefficient (Wildman–Crippen LogP) is 3.85. The van der Waals surface area contributed by atoms with E-state index >= 15 is 0 Å². The second-order valence-electron chi connectivity index (χ2n) is 9.87. The molecule has 1 saturated heterocycles. The first-order chi connectivity index (χ1) is 18.8. The maximum Gasteiger partial charge on any atom is 0.240 e. The number of likely N-dealkylation sites (N-methyl/N-ethyl adjacent to an activating group) is 2. The van der Waals surface area contributed by atoms with Crippen LogP contribution in [0.25, 0.3) is 11.0 Å². The summed E-state index contributed by atoms with van der Waals surface area (Å²) in [6.45, 7) is 5.55. The number of ketones is 1. The lowest BCUT2D eigenvalue weighted by Gasteiger charge is -2.32. The van der Waals surface area contributed by atoms with Crippen LogP contribution < -0.4 is 4.90 Å². The Kier molecular flexibility index (Phi) is 7.53. The topological polar surface area (TPSA) is 105 Å². The third-order valence-corrected chi connectivity index (χ3v) is 7.09. The van der Waals surface area contributed by atoms with E-state index in [1.807, 2.05) is 54.6 Å². The number of fused-ring (bicyclic) bond motifs is 1. The molecule has 3 heterocycles. The van der Waals surface area contributed by atoms with Gasteiger partial charge in [-0.3, -0.25) is 14.5 Å². The van der Waals surface area contributed by atoms with Crippen LogP contribution in [0, 0.1) is 0 Å². The quantitative estimate of drug-likeness (QED) is 0.281. The molecule has 2 N–H and O–H groups in total. The number of aromatic hydroxyl groups is 1. The van der Waals surface area contributed by atoms with Gasteiger partial charge in [-0.15, -0.1) is 0 Å². The number of Topliss-reactive ketones (excluding diaryl/α,β-unsaturated/α-hetero) is 1. The van der Waals surface area contributed by atoms with Gasteiger partial charge in [0.1, 0.15) is 11.3 Å². The Labute approximate surface area is 227 Å². The lowest BCUT2D eigenvalue weighted by molar-refractivity contribution is -0.119. The zero-order valence-electron chi connectivity index (χ0n) is 22.4. The summed E-state index contributed by atoms with van der Waals surface area (Å²) >= 11 is 0. The van der Waals surface area contributed by atoms with Gasteiger partial charge in [-0.25, -0.2) is 9.98 Å². The Morgan fingerprint density at radius 2 is 1.69 bits per heavy atom. The van der Waals surface area contributed by atoms with Crippen LogP contribution in [0.15, 0.2) is 71.7 Å². The van der Waals surface area contributed by atoms with Crippen LogP contribution in [-0.2, 0) is 4.79 Å². The lowest BCUT2D eigenvalue weighted by Crippen LogP contribution is -2.48. The summed E-state index contributed by atoms with van der Waals surface area (Å²) in [6, 6.07) is 20.5. The van der Waals surface area contributed by atoms with Crippen molar-refractivity contribution in [1.82, 2.24) is 19.8 Å². The molecule has 2 aromatic heterocycles. The van der Waals surface area contributed by atoms with Crippen LogP contribution in [0.3, 0.4) is 0 Å². The molecular weight excluding hydrogens is 492 g/mol. The third kappa shape index (κ3) is 5.74. The highest BCUT2D eigenvalue weighted by Crippen LogP contribution is 2.31. The Balaban J connectivity index is 1.44. The maximum atomic E-state index is 12.9. The average Bonchev–Trinajstić information content (AvgIpc) is 3.28. The normalized spacial score (nSPS) is 15.0. The molecule has 200 valence electrons. The van der Waals surface area contributed by atoms with Crippen LogP contribution in [0.2, 0.25) is 0 Å². The van der Waals surface area contributed by atoms with Crippen LogP contribution in [-0.4, -0.2) is 89.1 Å². The number of rotatable bonds is 7. The Bertz CT molecular complexity index is 1520. The molecular formula is C30H32N6O3. The van der Waals surface area contributed by atoms with E-state index in [4.69, 9.17) is 4.99 Å². The number of nitrogens with zero attached hydrogens (tertiary/aromatic N) is 5. The third-order valence-electron chi connectivity index (χ3n) is 7.09. The molecule has 9 nitrogen and oxygen atoms in total. The minimum Gasteiger partial charge on any atom is -0.494 e. The summed E-state index contributed by atoms with van der Waals surface area (Å²) in [4.78, 5) is 43.0. The molecule has 0 spiro atoms. The molecule has 9 heteroatoms. The second kappa shape index (κ2) is 11.2. The fraction of sp³-hybridized carbons (Fsp3) is 0.267. The van der Waals surface area contributed by atoms with Crippen molar-refractivity contribution < 1.29 is 14.7 Å². The number of pyridine rings is 1. The number of aliphatic imine (C=N–C) groups is 1. The minimum absolute atomic E-state index is 0.0434. The molecule has 1 aliphatic heterocycles. The highest BCUT2D eigenvalue weighted by molar-refractivity contribution is 6.21. The molecule has 0 unspecified atom stereocenters. The summed E-state index contributed by atoms with van der Waals surface area (Å²) in [5, 5.41) is 11.5. The van der Waals surface area contributed by atoms with Crippen molar-refractivity contribution in [3.8, 4) is 5.88 Å². The van der Waals surface area contributed by atoms with Gasteiger partial charge >= 0.3 is 0 Å². The fourth-order valence-electron chi connectivity index (χ4n) is 4.68. The molecule has 0 bridgehead atoms. The molecule has 39 heavy (non-hydrogen) atoms. The van der Waals surface area contributed by atoms with E-state index in [0.717, 1.165) is 37.4 Å². The molecule has 0 atom stereocenters. The van der Waals surface area contributed by atoms with Crippen molar-refractivity contribution in [2.24, 2.45) is 4.99 Å². The summed E-state index contributed by atoms with van der Waals surface area (Å²) in [5.74, 6) is -0.190. The van der Waals surface area contributed by atoms with Gasteiger partial charge in [0, 0.05) is 56.8 Å². The molecule has 1 fully saturated rings. The highest BCUT2D eigenvalue weighted by atomic mass is 16.3. The van der Waals surface area contributed by atoms with Crippen LogP contribution in [0.5, 0.6) is 5.88 Å². The van der Waals surface area contributed by atoms with E-state index in [-0.39, 0.29) is 17.6 Å². The average molecular weight is 525 g/mol. The number of nitrogens with one attached hydrogen (secondary N) is 1. The van der Waals surface area contributed by atoms with E-state index in [2.05, 4.69) is 26.8 Å². The Morgan fingerprint density at radius 3 is 2.36 bits per heavy atom. The molecule has 1 aliphatic rings. The van der Waals surface area contributed by atoms with Crippen molar-refractivity contribution in [3.63, 3.8) is 0 Å². The number of piperazine rings is 1. The van der Waals surface area contributed by atoms with Gasteiger partial charge in [-0.05, 0) is 43.4 Å². The number of benzene rings is 2. The summed E-state index contributed by atoms with van der Waals surface area (Å²) < 4.78 is 0. The molecule has 5 rings (SSSR count). The van der Waals surface area contributed by atoms with E-state index in [1.54, 1.807) is 24.1 Å². The van der Waals surface area contributed by atoms with Crippen LogP contribution in [0.4, 0.5) is 11.4 Å². The van der Waals surface area contributed by atoms with Crippen molar-refractivity contribution in [2.45, 2.75) is 6.92 Å². The van der Waals surface area contributed by atoms with Gasteiger partial charge < -0.3 is 19.9 Å². The lowest BCUT2D eigenvalue weighted by atomic mass is 10.0. The van der Waals surface area contributed by atoms with E-state index in [1.165, 1.54) is 6.92 Å². The molecule has 0 saturated carbocycles. The number of amides is 1. The number of hydrogen-bond donors (Lipinski definition) is 2. The largest absolute Gasteiger partial charge is 0.494 e. The van der Waals surface area contributed by atoms with Crippen molar-refractivity contribution in [3.05, 3.63) is 83.6 Å². The predicted molar refractivity (Wildman–Crippen MR) is 153 cm³/mol. The van der Waals surface area contributed by atoms with Gasteiger partial charge in [-0.1, -0.05) is 30.3 Å². The zero-order valence-corrected chi connectivity index (χ0v) is 22.4. The van der Waals surface area contributed by atoms with E-state index in [9.17, 15) is 14.7 Å². The standard InChI is InChI=1S/C30H32N6O3/c1-20(37)25-14-13-24-27(30(39)33-29(24)32-25)28(21-7-5-4-6-8-21)31-22-9-11-23(12-10-22)35(3)26(38)19-36-17-15-34(2)16-18-36/h4-14,39H,15-19H2,1-3H3,(H,32,33).